The summed E-state index contributed by atoms with van der Waals surface area (Å²) in [7, 11) is 0. The molecule has 0 fully saturated rings. The zero-order valence-electron chi connectivity index (χ0n) is 30.5. The molecule has 55 heavy (non-hydrogen) atoms. The first-order valence-corrected chi connectivity index (χ1v) is 18.8. The smallest absolute Gasteiger partial charge is 0.164 e. The minimum Gasteiger partial charge on any atom is -0.317 e. The SMILES string of the molecule is CC1(C)c2ccccc2-n2c3cc4ccn(-c5cccc(-c6cccc(-c7nc(-c8ccccc8)nc(-c8ccccc8)n7)c6)c5)c4cc3c3cccc1c32. The predicted molar refractivity (Wildman–Crippen MR) is 225 cm³/mol. The molecule has 11 rings (SSSR count). The fraction of sp³-hybridized carbons (Fsp3) is 0.0600. The van der Waals surface area contributed by atoms with Crippen LogP contribution in [0.15, 0.2) is 176 Å². The second kappa shape index (κ2) is 12.0. The maximum Gasteiger partial charge on any atom is 0.164 e. The van der Waals surface area contributed by atoms with Gasteiger partial charge in [-0.05, 0) is 64.7 Å². The summed E-state index contributed by atoms with van der Waals surface area (Å²) in [4.78, 5) is 14.8. The topological polar surface area (TPSA) is 48.5 Å². The molecule has 0 amide bonds. The van der Waals surface area contributed by atoms with Crippen LogP contribution in [0.4, 0.5) is 0 Å². The summed E-state index contributed by atoms with van der Waals surface area (Å²) < 4.78 is 4.81. The molecule has 0 saturated heterocycles. The Kier molecular flexibility index (Phi) is 6.83. The van der Waals surface area contributed by atoms with E-state index in [1.165, 1.54) is 49.5 Å². The number of hydrogen-bond acceptors (Lipinski definition) is 3. The Bertz CT molecular complexity index is 3060. The Balaban J connectivity index is 1.02. The van der Waals surface area contributed by atoms with Crippen molar-refractivity contribution in [3.05, 3.63) is 187 Å². The molecule has 7 aromatic carbocycles. The molecule has 1 aliphatic heterocycles. The van der Waals surface area contributed by atoms with Crippen LogP contribution in [0, 0.1) is 0 Å². The standard InChI is InChI=1S/C50H35N5/c1-50(2)41-23-9-10-25-43(41)55-45-30-36-26-27-54(44(36)31-40(45)39-22-13-24-42(50)46(39)55)38-21-12-19-35(29-38)34-18-11-20-37(28-34)49-52-47(32-14-5-3-6-15-32)51-48(53-49)33-16-7-4-8-17-33/h3-31H,1-2H3. The van der Waals surface area contributed by atoms with Gasteiger partial charge in [-0.3, -0.25) is 0 Å². The first kappa shape index (κ1) is 31.4. The van der Waals surface area contributed by atoms with Crippen molar-refractivity contribution in [1.82, 2.24) is 24.1 Å². The summed E-state index contributed by atoms with van der Waals surface area (Å²) in [5, 5.41) is 3.77. The Hall–Kier alpha value is -7.11. The highest BCUT2D eigenvalue weighted by atomic mass is 15.0. The molecule has 260 valence electrons. The third kappa shape index (κ3) is 4.90. The van der Waals surface area contributed by atoms with Crippen LogP contribution in [0.3, 0.4) is 0 Å². The Morgan fingerprint density at radius 1 is 0.436 bits per heavy atom. The quantitative estimate of drug-likeness (QED) is 0.179. The van der Waals surface area contributed by atoms with Crippen molar-refractivity contribution in [2.75, 3.05) is 0 Å². The molecule has 0 bridgehead atoms. The lowest BCUT2D eigenvalue weighted by Crippen LogP contribution is -2.26. The molecular weight excluding hydrogens is 671 g/mol. The molecule has 0 spiro atoms. The molecular formula is C50H35N5. The van der Waals surface area contributed by atoms with Gasteiger partial charge in [-0.25, -0.2) is 15.0 Å². The fourth-order valence-electron chi connectivity index (χ4n) is 8.63. The highest BCUT2D eigenvalue weighted by molar-refractivity contribution is 6.15. The normalized spacial score (nSPS) is 13.1. The molecule has 0 aliphatic carbocycles. The summed E-state index contributed by atoms with van der Waals surface area (Å²) in [6.45, 7) is 4.70. The second-order valence-electron chi connectivity index (χ2n) is 15.0. The van der Waals surface area contributed by atoms with E-state index in [1.807, 2.05) is 60.7 Å². The third-order valence-corrected chi connectivity index (χ3v) is 11.4. The van der Waals surface area contributed by atoms with E-state index in [2.05, 4.69) is 138 Å². The molecule has 0 saturated carbocycles. The average molecular weight is 706 g/mol. The Labute approximate surface area is 318 Å². The number of nitrogens with zero attached hydrogens (tertiary/aromatic N) is 5. The van der Waals surface area contributed by atoms with Crippen LogP contribution < -0.4 is 0 Å². The highest BCUT2D eigenvalue weighted by Gasteiger charge is 2.34. The Morgan fingerprint density at radius 2 is 1.02 bits per heavy atom. The zero-order chi connectivity index (χ0) is 36.7. The number of fused-ring (bicyclic) bond motifs is 6. The summed E-state index contributed by atoms with van der Waals surface area (Å²) in [5.41, 5.74) is 13.8. The summed E-state index contributed by atoms with van der Waals surface area (Å²) in [6.07, 6.45) is 2.20. The van der Waals surface area contributed by atoms with E-state index in [4.69, 9.17) is 15.0 Å². The Morgan fingerprint density at radius 3 is 1.76 bits per heavy atom. The van der Waals surface area contributed by atoms with Crippen molar-refractivity contribution >= 4 is 32.7 Å². The monoisotopic (exact) mass is 705 g/mol. The van der Waals surface area contributed by atoms with Gasteiger partial charge in [0.15, 0.2) is 17.5 Å². The van der Waals surface area contributed by atoms with Gasteiger partial charge in [0, 0.05) is 50.1 Å². The van der Waals surface area contributed by atoms with Crippen LogP contribution >= 0.6 is 0 Å². The summed E-state index contributed by atoms with van der Waals surface area (Å²) in [5.74, 6) is 1.95. The van der Waals surface area contributed by atoms with Crippen LogP contribution in [0.2, 0.25) is 0 Å². The van der Waals surface area contributed by atoms with Crippen molar-refractivity contribution in [3.8, 4) is 56.7 Å². The van der Waals surface area contributed by atoms with E-state index in [0.29, 0.717) is 17.5 Å². The molecule has 0 radical (unpaired) electrons. The molecule has 4 heterocycles. The van der Waals surface area contributed by atoms with E-state index >= 15 is 0 Å². The lowest BCUT2D eigenvalue weighted by atomic mass is 9.75. The lowest BCUT2D eigenvalue weighted by Gasteiger charge is -2.34. The third-order valence-electron chi connectivity index (χ3n) is 11.4. The number of rotatable bonds is 5. The van der Waals surface area contributed by atoms with Gasteiger partial charge in [0.2, 0.25) is 0 Å². The van der Waals surface area contributed by atoms with Crippen LogP contribution in [0.25, 0.3) is 89.4 Å². The maximum absolute atomic E-state index is 4.98. The summed E-state index contributed by atoms with van der Waals surface area (Å²) in [6, 6.07) is 60.2. The van der Waals surface area contributed by atoms with Gasteiger partial charge in [-0.1, -0.05) is 141 Å². The second-order valence-corrected chi connectivity index (χ2v) is 15.0. The predicted octanol–water partition coefficient (Wildman–Crippen LogP) is 12.2. The molecule has 5 nitrogen and oxygen atoms in total. The fourth-order valence-corrected chi connectivity index (χ4v) is 8.63. The van der Waals surface area contributed by atoms with E-state index < -0.39 is 0 Å². The van der Waals surface area contributed by atoms with Gasteiger partial charge in [0.1, 0.15) is 0 Å². The molecule has 5 heteroatoms. The molecule has 0 N–H and O–H groups in total. The van der Waals surface area contributed by atoms with Crippen LogP contribution in [0.1, 0.15) is 25.0 Å². The van der Waals surface area contributed by atoms with Crippen LogP contribution in [-0.2, 0) is 5.41 Å². The van der Waals surface area contributed by atoms with E-state index in [1.54, 1.807) is 0 Å². The van der Waals surface area contributed by atoms with Crippen molar-refractivity contribution in [2.24, 2.45) is 0 Å². The van der Waals surface area contributed by atoms with E-state index in [0.717, 1.165) is 33.5 Å². The minimum atomic E-state index is -0.0925. The molecule has 0 atom stereocenters. The maximum atomic E-state index is 4.98. The molecule has 0 unspecified atom stereocenters. The van der Waals surface area contributed by atoms with Crippen molar-refractivity contribution < 1.29 is 0 Å². The van der Waals surface area contributed by atoms with Gasteiger partial charge in [-0.15, -0.1) is 0 Å². The molecule has 10 aromatic rings. The van der Waals surface area contributed by atoms with Gasteiger partial charge in [0.05, 0.1) is 22.2 Å². The van der Waals surface area contributed by atoms with Crippen molar-refractivity contribution in [3.63, 3.8) is 0 Å². The average Bonchev–Trinajstić information content (AvgIpc) is 3.81. The van der Waals surface area contributed by atoms with Gasteiger partial charge >= 0.3 is 0 Å². The first-order chi connectivity index (χ1) is 27.0. The molecule has 1 aliphatic rings. The van der Waals surface area contributed by atoms with E-state index in [-0.39, 0.29) is 5.41 Å². The number of aromatic nitrogens is 5. The summed E-state index contributed by atoms with van der Waals surface area (Å²) >= 11 is 0. The lowest BCUT2D eigenvalue weighted by molar-refractivity contribution is 0.630. The first-order valence-electron chi connectivity index (χ1n) is 18.8. The molecule has 3 aromatic heterocycles. The highest BCUT2D eigenvalue weighted by Crippen LogP contribution is 2.48. The van der Waals surface area contributed by atoms with Crippen molar-refractivity contribution in [1.29, 1.82) is 0 Å². The minimum absolute atomic E-state index is 0.0925. The number of para-hydroxylation sites is 2. The van der Waals surface area contributed by atoms with Crippen LogP contribution in [-0.4, -0.2) is 24.1 Å². The van der Waals surface area contributed by atoms with Crippen LogP contribution in [0.5, 0.6) is 0 Å². The van der Waals surface area contributed by atoms with Gasteiger partial charge in [-0.2, -0.15) is 0 Å². The van der Waals surface area contributed by atoms with Gasteiger partial charge < -0.3 is 9.13 Å². The van der Waals surface area contributed by atoms with Gasteiger partial charge in [0.25, 0.3) is 0 Å². The zero-order valence-corrected chi connectivity index (χ0v) is 30.5. The number of hydrogen-bond donors (Lipinski definition) is 0. The van der Waals surface area contributed by atoms with E-state index in [9.17, 15) is 0 Å². The number of benzene rings is 7. The van der Waals surface area contributed by atoms with Crippen molar-refractivity contribution in [2.45, 2.75) is 19.3 Å². The largest absolute Gasteiger partial charge is 0.317 e.